The first-order valence-electron chi connectivity index (χ1n) is 11.0. The molecule has 2 N–H and O–H groups in total. The second kappa shape index (κ2) is 10.9. The zero-order valence-corrected chi connectivity index (χ0v) is 20.6. The van der Waals surface area contributed by atoms with Gasteiger partial charge in [0.1, 0.15) is 12.1 Å². The lowest BCUT2D eigenvalue weighted by Crippen LogP contribution is -2.05. The number of alkyl halides is 3. The van der Waals surface area contributed by atoms with E-state index in [0.29, 0.717) is 17.2 Å². The third kappa shape index (κ3) is 6.47. The standard InChI is InChI=1S/C20H14F3N5.C6H6O3S/c1-12-18(13-2-7-16-17(10-13)25-9-8-24-16)26-11-27-19(12)28-15-5-3-14(4-6-15)20(21,22)23;7-10(8,9)6-4-2-1-3-5-6/h2-11H,1H3,(H,26,27,28);1-5H,(H,7,8,9). The highest BCUT2D eigenvalue weighted by atomic mass is 32.2. The molecule has 0 fully saturated rings. The molecule has 5 rings (SSSR count). The average molecular weight is 540 g/mol. The van der Waals surface area contributed by atoms with Gasteiger partial charge in [-0.2, -0.15) is 21.6 Å². The maximum Gasteiger partial charge on any atom is 0.416 e. The topological polar surface area (TPSA) is 118 Å². The average Bonchev–Trinajstić information content (AvgIpc) is 2.90. The van der Waals surface area contributed by atoms with E-state index in [1.165, 1.54) is 30.6 Å². The van der Waals surface area contributed by atoms with Gasteiger partial charge in [-0.3, -0.25) is 14.5 Å². The number of rotatable bonds is 4. The Morgan fingerprint density at radius 1 is 0.816 bits per heavy atom. The lowest BCUT2D eigenvalue weighted by Gasteiger charge is -2.13. The van der Waals surface area contributed by atoms with Gasteiger partial charge in [0.05, 0.1) is 27.2 Å². The Balaban J connectivity index is 0.000000283. The molecule has 0 amide bonds. The highest BCUT2D eigenvalue weighted by molar-refractivity contribution is 7.85. The summed E-state index contributed by atoms with van der Waals surface area (Å²) in [5.41, 5.74) is 3.66. The first-order chi connectivity index (χ1) is 18.0. The van der Waals surface area contributed by atoms with Crippen molar-refractivity contribution in [3.05, 3.63) is 103 Å². The summed E-state index contributed by atoms with van der Waals surface area (Å²) in [6.45, 7) is 1.85. The molecular formula is C26H20F3N5O3S. The Bertz CT molecular complexity index is 1660. The summed E-state index contributed by atoms with van der Waals surface area (Å²) < 4.78 is 67.4. The van der Waals surface area contributed by atoms with E-state index in [-0.39, 0.29) is 4.90 Å². The number of anilines is 2. The minimum absolute atomic E-state index is 0.0741. The molecule has 0 unspecified atom stereocenters. The fraction of sp³-hybridized carbons (Fsp3) is 0.0769. The Labute approximate surface area is 216 Å². The molecule has 0 aliphatic heterocycles. The van der Waals surface area contributed by atoms with Crippen LogP contribution >= 0.6 is 0 Å². The van der Waals surface area contributed by atoms with Gasteiger partial charge in [0.25, 0.3) is 10.1 Å². The highest BCUT2D eigenvalue weighted by Gasteiger charge is 2.30. The predicted molar refractivity (Wildman–Crippen MR) is 136 cm³/mol. The molecule has 0 atom stereocenters. The Hall–Kier alpha value is -4.42. The molecule has 8 nitrogen and oxygen atoms in total. The largest absolute Gasteiger partial charge is 0.416 e. The lowest BCUT2D eigenvalue weighted by molar-refractivity contribution is -0.137. The fourth-order valence-electron chi connectivity index (χ4n) is 3.45. The minimum Gasteiger partial charge on any atom is -0.340 e. The number of benzene rings is 3. The van der Waals surface area contributed by atoms with Crippen molar-refractivity contribution in [1.82, 2.24) is 19.9 Å². The van der Waals surface area contributed by atoms with Gasteiger partial charge in [0.15, 0.2) is 0 Å². The Morgan fingerprint density at radius 3 is 2.08 bits per heavy atom. The SMILES string of the molecule is Cc1c(Nc2ccc(C(F)(F)F)cc2)ncnc1-c1ccc2nccnc2c1.O=S(=O)(O)c1ccccc1. The summed E-state index contributed by atoms with van der Waals surface area (Å²) in [7, 11) is -4.00. The van der Waals surface area contributed by atoms with Gasteiger partial charge in [-0.1, -0.05) is 24.3 Å². The van der Waals surface area contributed by atoms with Gasteiger partial charge in [0, 0.05) is 29.2 Å². The molecular weight excluding hydrogens is 519 g/mol. The molecule has 5 aromatic rings. The molecule has 3 aromatic carbocycles. The second-order valence-electron chi connectivity index (χ2n) is 7.94. The van der Waals surface area contributed by atoms with Crippen LogP contribution in [0.15, 0.2) is 96.4 Å². The van der Waals surface area contributed by atoms with Crippen LogP contribution in [0.2, 0.25) is 0 Å². The molecule has 2 aromatic heterocycles. The third-order valence-corrected chi connectivity index (χ3v) is 6.21. The van der Waals surface area contributed by atoms with E-state index in [9.17, 15) is 21.6 Å². The number of fused-ring (bicyclic) bond motifs is 1. The van der Waals surface area contributed by atoms with Crippen LogP contribution in [-0.2, 0) is 16.3 Å². The van der Waals surface area contributed by atoms with Crippen molar-refractivity contribution in [3.63, 3.8) is 0 Å². The molecule has 0 radical (unpaired) electrons. The Morgan fingerprint density at radius 2 is 1.47 bits per heavy atom. The smallest absolute Gasteiger partial charge is 0.340 e. The molecule has 194 valence electrons. The second-order valence-corrected chi connectivity index (χ2v) is 9.37. The summed E-state index contributed by atoms with van der Waals surface area (Å²) in [5, 5.41) is 3.05. The van der Waals surface area contributed by atoms with Crippen LogP contribution in [0.4, 0.5) is 24.7 Å². The zero-order chi connectivity index (χ0) is 27.3. The monoisotopic (exact) mass is 539 g/mol. The zero-order valence-electron chi connectivity index (χ0n) is 19.8. The lowest BCUT2D eigenvalue weighted by atomic mass is 10.1. The molecule has 0 spiro atoms. The number of halogens is 3. The van der Waals surface area contributed by atoms with Gasteiger partial charge in [-0.25, -0.2) is 9.97 Å². The van der Waals surface area contributed by atoms with Crippen molar-refractivity contribution in [3.8, 4) is 11.3 Å². The molecule has 0 aliphatic carbocycles. The van der Waals surface area contributed by atoms with Gasteiger partial charge < -0.3 is 5.32 Å². The van der Waals surface area contributed by atoms with Gasteiger partial charge in [0.2, 0.25) is 0 Å². The molecule has 0 aliphatic rings. The normalized spacial score (nSPS) is 11.5. The summed E-state index contributed by atoms with van der Waals surface area (Å²) in [5.74, 6) is 0.518. The molecule has 0 bridgehead atoms. The third-order valence-electron chi connectivity index (χ3n) is 5.34. The Kier molecular flexibility index (Phi) is 7.65. The molecule has 2 heterocycles. The van der Waals surface area contributed by atoms with Crippen LogP contribution in [0.25, 0.3) is 22.3 Å². The highest BCUT2D eigenvalue weighted by Crippen LogP contribution is 2.31. The van der Waals surface area contributed by atoms with Crippen molar-refractivity contribution in [2.45, 2.75) is 18.0 Å². The van der Waals surface area contributed by atoms with E-state index in [0.717, 1.165) is 34.3 Å². The van der Waals surface area contributed by atoms with Gasteiger partial charge in [-0.15, -0.1) is 0 Å². The summed E-state index contributed by atoms with van der Waals surface area (Å²) in [6, 6.07) is 17.9. The van der Waals surface area contributed by atoms with E-state index in [1.54, 1.807) is 30.6 Å². The summed E-state index contributed by atoms with van der Waals surface area (Å²) in [4.78, 5) is 17.1. The van der Waals surface area contributed by atoms with Crippen molar-refractivity contribution >= 4 is 32.7 Å². The van der Waals surface area contributed by atoms with E-state index < -0.39 is 21.9 Å². The maximum absolute atomic E-state index is 12.7. The van der Waals surface area contributed by atoms with Crippen LogP contribution in [-0.4, -0.2) is 32.9 Å². The van der Waals surface area contributed by atoms with E-state index in [2.05, 4.69) is 25.3 Å². The first kappa shape index (κ1) is 26.6. The summed E-state index contributed by atoms with van der Waals surface area (Å²) >= 11 is 0. The quantitative estimate of drug-likeness (QED) is 0.264. The van der Waals surface area contributed by atoms with Crippen molar-refractivity contribution < 1.29 is 26.1 Å². The van der Waals surface area contributed by atoms with Crippen molar-refractivity contribution in [1.29, 1.82) is 0 Å². The van der Waals surface area contributed by atoms with Gasteiger partial charge in [-0.05, 0) is 55.5 Å². The fourth-order valence-corrected chi connectivity index (χ4v) is 3.95. The minimum atomic E-state index is -4.37. The molecule has 38 heavy (non-hydrogen) atoms. The number of hydrogen-bond donors (Lipinski definition) is 2. The van der Waals surface area contributed by atoms with E-state index >= 15 is 0 Å². The van der Waals surface area contributed by atoms with Crippen LogP contribution in [0.5, 0.6) is 0 Å². The molecule has 0 saturated carbocycles. The van der Waals surface area contributed by atoms with Crippen LogP contribution in [0.3, 0.4) is 0 Å². The van der Waals surface area contributed by atoms with Gasteiger partial charge >= 0.3 is 6.18 Å². The van der Waals surface area contributed by atoms with Crippen LogP contribution in [0, 0.1) is 6.92 Å². The van der Waals surface area contributed by atoms with Crippen LogP contribution in [0.1, 0.15) is 11.1 Å². The maximum atomic E-state index is 12.7. The van der Waals surface area contributed by atoms with E-state index in [4.69, 9.17) is 4.55 Å². The number of nitrogens with one attached hydrogen (secondary N) is 1. The molecule has 12 heteroatoms. The number of hydrogen-bond acceptors (Lipinski definition) is 7. The van der Waals surface area contributed by atoms with Crippen molar-refractivity contribution in [2.24, 2.45) is 0 Å². The first-order valence-corrected chi connectivity index (χ1v) is 12.5. The van der Waals surface area contributed by atoms with Crippen LogP contribution < -0.4 is 5.32 Å². The summed E-state index contributed by atoms with van der Waals surface area (Å²) in [6.07, 6.45) is 0.297. The number of nitrogens with zero attached hydrogens (tertiary/aromatic N) is 4. The van der Waals surface area contributed by atoms with Crippen molar-refractivity contribution in [2.75, 3.05) is 5.32 Å². The molecule has 0 saturated heterocycles. The number of aromatic nitrogens is 4. The predicted octanol–water partition coefficient (Wildman–Crippen LogP) is 6.09. The van der Waals surface area contributed by atoms with E-state index in [1.807, 2.05) is 25.1 Å².